The summed E-state index contributed by atoms with van der Waals surface area (Å²) < 4.78 is 0. The Kier molecular flexibility index (Phi) is 8.02. The van der Waals surface area contributed by atoms with Crippen molar-refractivity contribution in [2.45, 2.75) is 44.2 Å². The maximum atomic E-state index is 5.07. The third kappa shape index (κ3) is 5.68. The molecule has 6 heteroatoms. The highest BCUT2D eigenvalue weighted by Gasteiger charge is 2.47. The first-order valence-corrected chi connectivity index (χ1v) is 20.9. The van der Waals surface area contributed by atoms with Crippen LogP contribution in [0.1, 0.15) is 61.1 Å². The summed E-state index contributed by atoms with van der Waals surface area (Å²) in [5.41, 5.74) is 13.4. The standard InChI is InChI=1S/C49H40N4S2/c1-47(2)29-54-45(52-47)34-21-32(25-50-27-34)31-19-20-40-42(23-31)49(36-13-7-5-8-14-36,37-15-9-6-10-16-37)43-24-41(38-17-11-12-18-39(38)44(40)43)33-22-35(28-51-26-33)46-53-48(3,4)30-55-46/h5-28H,29-30H2,1-4H3. The summed E-state index contributed by atoms with van der Waals surface area (Å²) in [6.07, 6.45) is 7.93. The van der Waals surface area contributed by atoms with Crippen LogP contribution in [-0.2, 0) is 5.41 Å². The van der Waals surface area contributed by atoms with E-state index in [-0.39, 0.29) is 11.1 Å². The molecule has 0 fully saturated rings. The Balaban J connectivity index is 1.25. The summed E-state index contributed by atoms with van der Waals surface area (Å²) in [6, 6.07) is 45.1. The van der Waals surface area contributed by atoms with E-state index in [2.05, 4.69) is 149 Å². The van der Waals surface area contributed by atoms with Crippen molar-refractivity contribution in [3.8, 4) is 33.4 Å². The minimum Gasteiger partial charge on any atom is -0.271 e. The second-order valence-electron chi connectivity index (χ2n) is 16.1. The van der Waals surface area contributed by atoms with Crippen molar-refractivity contribution < 1.29 is 0 Å². The molecular weight excluding hydrogens is 709 g/mol. The number of hydrogen-bond donors (Lipinski definition) is 0. The lowest BCUT2D eigenvalue weighted by molar-refractivity contribution is 0.605. The van der Waals surface area contributed by atoms with Crippen LogP contribution in [0.5, 0.6) is 0 Å². The molecule has 1 aliphatic carbocycles. The van der Waals surface area contributed by atoms with Crippen LogP contribution in [0, 0.1) is 0 Å². The zero-order valence-electron chi connectivity index (χ0n) is 31.4. The van der Waals surface area contributed by atoms with Gasteiger partial charge in [-0.05, 0) is 107 Å². The second-order valence-corrected chi connectivity index (χ2v) is 18.0. The fourth-order valence-corrected chi connectivity index (χ4v) is 10.9. The molecule has 0 bridgehead atoms. The fourth-order valence-electron chi connectivity index (χ4n) is 8.65. The Morgan fingerprint density at radius 3 is 1.56 bits per heavy atom. The van der Waals surface area contributed by atoms with E-state index >= 15 is 0 Å². The third-order valence-electron chi connectivity index (χ3n) is 11.1. The van der Waals surface area contributed by atoms with Crippen LogP contribution in [0.3, 0.4) is 0 Å². The maximum Gasteiger partial charge on any atom is 0.1000 e. The van der Waals surface area contributed by atoms with Crippen LogP contribution in [0.4, 0.5) is 0 Å². The van der Waals surface area contributed by atoms with E-state index in [1.807, 2.05) is 48.3 Å². The number of aromatic nitrogens is 2. The lowest BCUT2D eigenvalue weighted by Crippen LogP contribution is -2.28. The Labute approximate surface area is 331 Å². The molecule has 0 saturated carbocycles. The average Bonchev–Trinajstić information content (AvgIpc) is 3.88. The summed E-state index contributed by atoms with van der Waals surface area (Å²) >= 11 is 3.64. The zero-order chi connectivity index (χ0) is 37.4. The summed E-state index contributed by atoms with van der Waals surface area (Å²) in [5, 5.41) is 4.58. The first-order valence-electron chi connectivity index (χ1n) is 18.9. The van der Waals surface area contributed by atoms with Crippen molar-refractivity contribution in [1.82, 2.24) is 9.97 Å². The number of fused-ring (bicyclic) bond motifs is 5. The molecule has 0 N–H and O–H groups in total. The number of thioether (sulfide) groups is 2. The Morgan fingerprint density at radius 2 is 0.982 bits per heavy atom. The smallest absolute Gasteiger partial charge is 0.1000 e. The molecule has 4 heterocycles. The number of rotatable bonds is 6. The molecule has 3 aliphatic rings. The quantitative estimate of drug-likeness (QED) is 0.170. The molecule has 268 valence electrons. The molecule has 55 heavy (non-hydrogen) atoms. The highest BCUT2D eigenvalue weighted by Crippen LogP contribution is 2.59. The van der Waals surface area contributed by atoms with E-state index in [9.17, 15) is 0 Å². The number of aliphatic imine (C=N–C) groups is 2. The van der Waals surface area contributed by atoms with E-state index in [4.69, 9.17) is 20.0 Å². The van der Waals surface area contributed by atoms with Crippen LogP contribution in [0.15, 0.2) is 156 Å². The van der Waals surface area contributed by atoms with Gasteiger partial charge in [-0.3, -0.25) is 20.0 Å². The fraction of sp³-hybridized carbons (Fsp3) is 0.184. The monoisotopic (exact) mass is 748 g/mol. The molecule has 5 aromatic carbocycles. The predicted octanol–water partition coefficient (Wildman–Crippen LogP) is 11.9. The van der Waals surface area contributed by atoms with Crippen molar-refractivity contribution in [3.05, 3.63) is 179 Å². The van der Waals surface area contributed by atoms with Crippen molar-refractivity contribution >= 4 is 44.4 Å². The topological polar surface area (TPSA) is 50.5 Å². The highest BCUT2D eigenvalue weighted by molar-refractivity contribution is 8.15. The van der Waals surface area contributed by atoms with Gasteiger partial charge in [-0.25, -0.2) is 0 Å². The first kappa shape index (κ1) is 34.2. The van der Waals surface area contributed by atoms with Gasteiger partial charge in [0, 0.05) is 58.5 Å². The molecule has 0 unspecified atom stereocenters. The van der Waals surface area contributed by atoms with E-state index in [1.165, 1.54) is 49.7 Å². The molecule has 0 saturated heterocycles. The normalized spacial score (nSPS) is 17.5. The van der Waals surface area contributed by atoms with Crippen LogP contribution >= 0.6 is 23.5 Å². The van der Waals surface area contributed by atoms with E-state index in [0.717, 1.165) is 49.4 Å². The molecule has 2 aliphatic heterocycles. The van der Waals surface area contributed by atoms with Crippen molar-refractivity contribution in [3.63, 3.8) is 0 Å². The van der Waals surface area contributed by atoms with Crippen molar-refractivity contribution in [2.24, 2.45) is 9.98 Å². The second kappa shape index (κ2) is 12.9. The van der Waals surface area contributed by atoms with Gasteiger partial charge in [0.2, 0.25) is 0 Å². The van der Waals surface area contributed by atoms with Crippen molar-refractivity contribution in [2.75, 3.05) is 11.5 Å². The van der Waals surface area contributed by atoms with Gasteiger partial charge in [0.1, 0.15) is 0 Å². The molecule has 0 radical (unpaired) electrons. The Hall–Kier alpha value is -5.30. The molecule has 10 rings (SSSR count). The van der Waals surface area contributed by atoms with Crippen LogP contribution in [0.25, 0.3) is 44.2 Å². The van der Waals surface area contributed by atoms with Gasteiger partial charge in [0.05, 0.1) is 26.6 Å². The van der Waals surface area contributed by atoms with Crippen LogP contribution in [-0.4, -0.2) is 42.6 Å². The van der Waals surface area contributed by atoms with E-state index in [0.29, 0.717) is 0 Å². The molecule has 0 spiro atoms. The number of nitrogens with zero attached hydrogens (tertiary/aromatic N) is 4. The van der Waals surface area contributed by atoms with Gasteiger partial charge >= 0.3 is 0 Å². The van der Waals surface area contributed by atoms with Gasteiger partial charge in [0.25, 0.3) is 0 Å². The predicted molar refractivity (Wildman–Crippen MR) is 234 cm³/mol. The zero-order valence-corrected chi connectivity index (χ0v) is 33.0. The lowest BCUT2D eigenvalue weighted by atomic mass is 9.67. The summed E-state index contributed by atoms with van der Waals surface area (Å²) in [7, 11) is 0. The van der Waals surface area contributed by atoms with E-state index in [1.54, 1.807) is 0 Å². The minimum absolute atomic E-state index is 0.0696. The van der Waals surface area contributed by atoms with Gasteiger partial charge in [0.15, 0.2) is 0 Å². The van der Waals surface area contributed by atoms with E-state index < -0.39 is 5.41 Å². The Morgan fingerprint density at radius 1 is 0.455 bits per heavy atom. The molecule has 2 aromatic heterocycles. The summed E-state index contributed by atoms with van der Waals surface area (Å²) in [4.78, 5) is 19.7. The molecular formula is C49H40N4S2. The third-order valence-corrected chi connectivity index (χ3v) is 14.0. The summed E-state index contributed by atoms with van der Waals surface area (Å²) in [5.74, 6) is 1.94. The first-order chi connectivity index (χ1) is 26.7. The van der Waals surface area contributed by atoms with Gasteiger partial charge in [-0.2, -0.15) is 0 Å². The maximum absolute atomic E-state index is 5.07. The lowest BCUT2D eigenvalue weighted by Gasteiger charge is -2.34. The molecule has 7 aromatic rings. The molecule has 0 atom stereocenters. The molecule has 4 nitrogen and oxygen atoms in total. The van der Waals surface area contributed by atoms with Gasteiger partial charge < -0.3 is 0 Å². The number of hydrogen-bond acceptors (Lipinski definition) is 6. The molecule has 0 amide bonds. The largest absolute Gasteiger partial charge is 0.271 e. The summed E-state index contributed by atoms with van der Waals surface area (Å²) in [6.45, 7) is 8.79. The highest BCUT2D eigenvalue weighted by atomic mass is 32.2. The van der Waals surface area contributed by atoms with Gasteiger partial charge in [-0.15, -0.1) is 23.5 Å². The SMILES string of the molecule is CC1(C)CSC(c2cncc(-c3ccc4c(c3)C(c3ccccc3)(c3ccccc3)c3cc(-c5cncc(C6=NC(C)(C)CS6)c5)c5ccccc5c3-4)c2)=N1. The number of pyridine rings is 2. The Bertz CT molecular complexity index is 2680. The van der Waals surface area contributed by atoms with Gasteiger partial charge in [-0.1, -0.05) is 97.1 Å². The van der Waals surface area contributed by atoms with Crippen LogP contribution < -0.4 is 0 Å². The minimum atomic E-state index is -0.594. The number of benzene rings is 5. The van der Waals surface area contributed by atoms with Crippen LogP contribution in [0.2, 0.25) is 0 Å². The average molecular weight is 749 g/mol. The van der Waals surface area contributed by atoms with Crippen molar-refractivity contribution in [1.29, 1.82) is 0 Å².